The van der Waals surface area contributed by atoms with Gasteiger partial charge < -0.3 is 20.5 Å². The third-order valence-electron chi connectivity index (χ3n) is 3.51. The lowest BCUT2D eigenvalue weighted by atomic mass is 10.1. The number of nitrogens with zero attached hydrogens (tertiary/aromatic N) is 1. The van der Waals surface area contributed by atoms with E-state index in [1.165, 1.54) is 0 Å². The molecule has 0 radical (unpaired) electrons. The first-order chi connectivity index (χ1) is 9.58. The molecule has 4 N–H and O–H groups in total. The lowest BCUT2D eigenvalue weighted by Gasteiger charge is -2.40. The Hall–Kier alpha value is -1.24. The number of ether oxygens (including phenoxy) is 1. The van der Waals surface area contributed by atoms with Crippen LogP contribution in [0.5, 0.6) is 0 Å². The van der Waals surface area contributed by atoms with Gasteiger partial charge in [-0.1, -0.05) is 6.07 Å². The number of morpholine rings is 1. The number of anilines is 1. The normalized spacial score (nSPS) is 22.9. The van der Waals surface area contributed by atoms with Gasteiger partial charge in [0.25, 0.3) is 0 Å². The summed E-state index contributed by atoms with van der Waals surface area (Å²) in [7, 11) is 0. The van der Waals surface area contributed by atoms with Crippen molar-refractivity contribution in [1.29, 1.82) is 5.41 Å². The number of hydrogen-bond donors (Lipinski definition) is 3. The van der Waals surface area contributed by atoms with Gasteiger partial charge in [0.15, 0.2) is 0 Å². The fraction of sp³-hybridized carbons (Fsp3) is 0.500. The molecule has 1 saturated heterocycles. The average Bonchev–Trinajstić information content (AvgIpc) is 2.46. The summed E-state index contributed by atoms with van der Waals surface area (Å²) in [6, 6.07) is 6.11. The molecular formula is C14H21N3O2S. The zero-order valence-electron chi connectivity index (χ0n) is 11.8. The minimum Gasteiger partial charge on any atom is -0.394 e. The third kappa shape index (κ3) is 2.92. The van der Waals surface area contributed by atoms with Crippen molar-refractivity contribution in [3.63, 3.8) is 0 Å². The van der Waals surface area contributed by atoms with Crippen LogP contribution in [-0.4, -0.2) is 49.1 Å². The summed E-state index contributed by atoms with van der Waals surface area (Å²) in [6.07, 6.45) is 1.79. The Morgan fingerprint density at radius 1 is 1.60 bits per heavy atom. The number of amidine groups is 1. The van der Waals surface area contributed by atoms with Gasteiger partial charge >= 0.3 is 0 Å². The maximum absolute atomic E-state index is 9.30. The number of nitrogen functional groups attached to an aromatic ring is 1. The molecule has 1 aromatic carbocycles. The number of hydrogen-bond acceptors (Lipinski definition) is 5. The van der Waals surface area contributed by atoms with Crippen LogP contribution < -0.4 is 10.6 Å². The third-order valence-corrected chi connectivity index (χ3v) is 4.29. The zero-order chi connectivity index (χ0) is 14.7. The lowest BCUT2D eigenvalue weighted by Crippen LogP contribution is -2.50. The van der Waals surface area contributed by atoms with Gasteiger partial charge in [0.2, 0.25) is 0 Å². The molecule has 110 valence electrons. The first-order valence-electron chi connectivity index (χ1n) is 6.59. The Kier molecular flexibility index (Phi) is 4.91. The highest BCUT2D eigenvalue weighted by atomic mass is 32.2. The van der Waals surface area contributed by atoms with Crippen molar-refractivity contribution >= 4 is 23.3 Å². The molecule has 0 spiro atoms. The molecule has 1 aromatic rings. The Morgan fingerprint density at radius 3 is 2.95 bits per heavy atom. The van der Waals surface area contributed by atoms with Crippen LogP contribution in [-0.2, 0) is 4.74 Å². The Bertz CT molecular complexity index is 495. The fourth-order valence-corrected chi connectivity index (χ4v) is 3.10. The molecule has 1 aliphatic heterocycles. The molecule has 2 unspecified atom stereocenters. The van der Waals surface area contributed by atoms with E-state index in [1.54, 1.807) is 11.8 Å². The molecule has 0 aliphatic carbocycles. The average molecular weight is 295 g/mol. The molecule has 0 aromatic heterocycles. The van der Waals surface area contributed by atoms with Gasteiger partial charge in [-0.3, -0.25) is 5.41 Å². The summed E-state index contributed by atoms with van der Waals surface area (Å²) >= 11 is 1.58. The second kappa shape index (κ2) is 6.47. The summed E-state index contributed by atoms with van der Waals surface area (Å²) < 4.78 is 5.57. The summed E-state index contributed by atoms with van der Waals surface area (Å²) in [5, 5.41) is 17.2. The maximum atomic E-state index is 9.30. The molecule has 2 atom stereocenters. The first-order valence-corrected chi connectivity index (χ1v) is 7.81. The molecule has 0 saturated carbocycles. The van der Waals surface area contributed by atoms with Crippen LogP contribution in [0.1, 0.15) is 12.5 Å². The second-order valence-electron chi connectivity index (χ2n) is 4.91. The second-order valence-corrected chi connectivity index (χ2v) is 5.76. The van der Waals surface area contributed by atoms with Crippen molar-refractivity contribution in [3.8, 4) is 0 Å². The van der Waals surface area contributed by atoms with Crippen LogP contribution in [0.25, 0.3) is 0 Å². The highest BCUT2D eigenvalue weighted by Gasteiger charge is 2.28. The molecular weight excluding hydrogens is 274 g/mol. The molecule has 1 aliphatic rings. The standard InChI is InChI=1S/C14H21N3O2S/c1-9-8-19-10(7-18)6-17(9)11-4-3-5-12(20-2)13(11)14(15)16/h3-5,9-10,18H,6-8H2,1-2H3,(H3,15,16). The van der Waals surface area contributed by atoms with Gasteiger partial charge in [0.05, 0.1) is 24.9 Å². The largest absolute Gasteiger partial charge is 0.394 e. The van der Waals surface area contributed by atoms with E-state index in [9.17, 15) is 5.11 Å². The van der Waals surface area contributed by atoms with Crippen molar-refractivity contribution in [2.24, 2.45) is 5.73 Å². The summed E-state index contributed by atoms with van der Waals surface area (Å²) in [4.78, 5) is 3.16. The molecule has 0 amide bonds. The molecule has 0 bridgehead atoms. The monoisotopic (exact) mass is 295 g/mol. The zero-order valence-corrected chi connectivity index (χ0v) is 12.6. The smallest absolute Gasteiger partial charge is 0.126 e. The van der Waals surface area contributed by atoms with Gasteiger partial charge in [-0.2, -0.15) is 0 Å². The molecule has 6 heteroatoms. The summed E-state index contributed by atoms with van der Waals surface area (Å²) in [5.74, 6) is 0.0733. The summed E-state index contributed by atoms with van der Waals surface area (Å²) in [5.41, 5.74) is 7.48. The Morgan fingerprint density at radius 2 is 2.35 bits per heavy atom. The highest BCUT2D eigenvalue weighted by molar-refractivity contribution is 7.98. The van der Waals surface area contributed by atoms with Crippen LogP contribution in [0, 0.1) is 5.41 Å². The number of benzene rings is 1. The number of aliphatic hydroxyl groups is 1. The quantitative estimate of drug-likeness (QED) is 0.443. The minimum atomic E-state index is -0.191. The molecule has 20 heavy (non-hydrogen) atoms. The molecule has 2 rings (SSSR count). The predicted molar refractivity (Wildman–Crippen MR) is 82.9 cm³/mol. The number of rotatable bonds is 4. The fourth-order valence-electron chi connectivity index (χ4n) is 2.46. The minimum absolute atomic E-state index is 0.000837. The van der Waals surface area contributed by atoms with Gasteiger partial charge in [-0.15, -0.1) is 11.8 Å². The SMILES string of the molecule is CSc1cccc(N2CC(CO)OCC2C)c1C(=N)N. The number of nitrogens with one attached hydrogen (secondary N) is 1. The van der Waals surface area contributed by atoms with E-state index in [4.69, 9.17) is 15.9 Å². The molecule has 1 heterocycles. The number of aliphatic hydroxyl groups excluding tert-OH is 1. The van der Waals surface area contributed by atoms with E-state index in [-0.39, 0.29) is 24.6 Å². The van der Waals surface area contributed by atoms with Crippen LogP contribution in [0.15, 0.2) is 23.1 Å². The Labute approximate surface area is 123 Å². The topological polar surface area (TPSA) is 82.6 Å². The lowest BCUT2D eigenvalue weighted by molar-refractivity contribution is -0.0103. The number of thioether (sulfide) groups is 1. The van der Waals surface area contributed by atoms with Crippen molar-refractivity contribution < 1.29 is 9.84 Å². The van der Waals surface area contributed by atoms with Crippen LogP contribution in [0.2, 0.25) is 0 Å². The molecule has 1 fully saturated rings. The van der Waals surface area contributed by atoms with Crippen molar-refractivity contribution in [2.45, 2.75) is 24.0 Å². The van der Waals surface area contributed by atoms with Crippen molar-refractivity contribution in [1.82, 2.24) is 0 Å². The highest BCUT2D eigenvalue weighted by Crippen LogP contribution is 2.31. The van der Waals surface area contributed by atoms with Gasteiger partial charge in [0, 0.05) is 23.2 Å². The van der Waals surface area contributed by atoms with E-state index in [0.717, 1.165) is 16.1 Å². The van der Waals surface area contributed by atoms with E-state index in [2.05, 4.69) is 11.8 Å². The molecule has 5 nitrogen and oxygen atoms in total. The Balaban J connectivity index is 2.42. The van der Waals surface area contributed by atoms with Gasteiger partial charge in [-0.25, -0.2) is 0 Å². The van der Waals surface area contributed by atoms with Crippen LogP contribution in [0.3, 0.4) is 0 Å². The van der Waals surface area contributed by atoms with E-state index < -0.39 is 0 Å². The summed E-state index contributed by atoms with van der Waals surface area (Å²) in [6.45, 7) is 3.24. The van der Waals surface area contributed by atoms with Crippen molar-refractivity contribution in [2.75, 3.05) is 30.9 Å². The van der Waals surface area contributed by atoms with Crippen LogP contribution in [0.4, 0.5) is 5.69 Å². The maximum Gasteiger partial charge on any atom is 0.126 e. The predicted octanol–water partition coefficient (Wildman–Crippen LogP) is 1.28. The number of nitrogens with two attached hydrogens (primary N) is 1. The van der Waals surface area contributed by atoms with E-state index >= 15 is 0 Å². The van der Waals surface area contributed by atoms with Gasteiger partial charge in [-0.05, 0) is 25.3 Å². The first kappa shape index (κ1) is 15.2. The van der Waals surface area contributed by atoms with E-state index in [0.29, 0.717) is 13.2 Å². The van der Waals surface area contributed by atoms with Gasteiger partial charge in [0.1, 0.15) is 5.84 Å². The van der Waals surface area contributed by atoms with Crippen LogP contribution >= 0.6 is 11.8 Å². The van der Waals surface area contributed by atoms with E-state index in [1.807, 2.05) is 24.5 Å². The van der Waals surface area contributed by atoms with Crippen molar-refractivity contribution in [3.05, 3.63) is 23.8 Å².